The number of nitrogens with zero attached hydrogens (tertiary/aromatic N) is 1. The third kappa shape index (κ3) is 3.77. The number of fused-ring (bicyclic) bond motifs is 1. The number of aliphatic hydroxyl groups is 1. The molecule has 0 spiro atoms. The van der Waals surface area contributed by atoms with Crippen LogP contribution in [0.4, 0.5) is 16.2 Å². The molecule has 4 rings (SSSR count). The number of carbonyl (C=O) groups excluding carboxylic acids is 2. The quantitative estimate of drug-likeness (QED) is 0.592. The maximum atomic E-state index is 13.6. The highest BCUT2D eigenvalue weighted by Crippen LogP contribution is 2.41. The van der Waals surface area contributed by atoms with Crippen LogP contribution in [0.5, 0.6) is 0 Å². The SMILES string of the molecule is C[C@@H]1[C@H](C)CCC[C@H]1NC(=O)[C@@]1(O)c2ccccc2NC(=O)N1c1ccc(Cl)c(Cl)c1. The molecule has 4 atom stereocenters. The average molecular weight is 462 g/mol. The van der Waals surface area contributed by atoms with E-state index < -0.39 is 17.7 Å². The molecule has 6 nitrogen and oxygen atoms in total. The molecule has 1 fully saturated rings. The second-order valence-corrected chi connectivity index (χ2v) is 9.24. The third-order valence-corrected chi connectivity index (χ3v) is 7.31. The number of nitrogens with one attached hydrogen (secondary N) is 2. The molecule has 3 amide bonds. The van der Waals surface area contributed by atoms with Crippen molar-refractivity contribution in [1.82, 2.24) is 5.32 Å². The van der Waals surface area contributed by atoms with Gasteiger partial charge in [0.2, 0.25) is 0 Å². The number of benzene rings is 2. The molecular formula is C23H25Cl2N3O3. The standard InChI is InChI=1S/C23H25Cl2N3O3/c1-13-6-5-9-19(14(13)2)26-21(29)23(31)16-7-3-4-8-20(16)27-22(30)28(23)15-10-11-17(24)18(25)12-15/h3-4,7-8,10-14,19,31H,5-6,9H2,1-2H3,(H,26,29)(H,27,30)/t13-,14-,19-,23+/m1/s1. The van der Waals surface area contributed by atoms with Crippen molar-refractivity contribution in [2.24, 2.45) is 11.8 Å². The van der Waals surface area contributed by atoms with Crippen LogP contribution in [0.1, 0.15) is 38.7 Å². The number of para-hydroxylation sites is 1. The lowest BCUT2D eigenvalue weighted by Crippen LogP contribution is -2.64. The number of hydrogen-bond donors (Lipinski definition) is 3. The molecule has 1 aliphatic heterocycles. The van der Waals surface area contributed by atoms with E-state index in [1.165, 1.54) is 12.1 Å². The largest absolute Gasteiger partial charge is 0.359 e. The zero-order valence-electron chi connectivity index (χ0n) is 17.4. The van der Waals surface area contributed by atoms with Gasteiger partial charge in [0.1, 0.15) is 0 Å². The number of amides is 3. The summed E-state index contributed by atoms with van der Waals surface area (Å²) in [7, 11) is 0. The van der Waals surface area contributed by atoms with Crippen LogP contribution in [0.2, 0.25) is 10.0 Å². The Morgan fingerprint density at radius 3 is 2.65 bits per heavy atom. The van der Waals surface area contributed by atoms with Crippen molar-refractivity contribution < 1.29 is 14.7 Å². The van der Waals surface area contributed by atoms with Crippen LogP contribution in [0, 0.1) is 11.8 Å². The minimum absolute atomic E-state index is 0.0897. The summed E-state index contributed by atoms with van der Waals surface area (Å²) < 4.78 is 0. The van der Waals surface area contributed by atoms with Crippen LogP contribution in [-0.2, 0) is 10.5 Å². The van der Waals surface area contributed by atoms with Crippen molar-refractivity contribution in [2.75, 3.05) is 10.2 Å². The summed E-state index contributed by atoms with van der Waals surface area (Å²) in [6.45, 7) is 4.28. The van der Waals surface area contributed by atoms with Gasteiger partial charge in [-0.3, -0.25) is 9.69 Å². The Morgan fingerprint density at radius 2 is 1.90 bits per heavy atom. The second kappa shape index (κ2) is 8.34. The molecular weight excluding hydrogens is 437 g/mol. The summed E-state index contributed by atoms with van der Waals surface area (Å²) in [4.78, 5) is 27.8. The highest BCUT2D eigenvalue weighted by Gasteiger charge is 2.52. The Hall–Kier alpha value is -2.28. The third-order valence-electron chi connectivity index (χ3n) is 6.57. The fraction of sp³-hybridized carbons (Fsp3) is 0.391. The zero-order chi connectivity index (χ0) is 22.3. The van der Waals surface area contributed by atoms with Gasteiger partial charge in [0.15, 0.2) is 0 Å². The predicted molar refractivity (Wildman–Crippen MR) is 122 cm³/mol. The van der Waals surface area contributed by atoms with Crippen LogP contribution in [0.3, 0.4) is 0 Å². The molecule has 1 aliphatic carbocycles. The van der Waals surface area contributed by atoms with Crippen LogP contribution in [0.15, 0.2) is 42.5 Å². The van der Waals surface area contributed by atoms with Gasteiger partial charge in [-0.05, 0) is 42.5 Å². The van der Waals surface area contributed by atoms with E-state index in [1.54, 1.807) is 30.3 Å². The number of halogens is 2. The molecule has 0 aromatic heterocycles. The topological polar surface area (TPSA) is 81.7 Å². The van der Waals surface area contributed by atoms with Crippen molar-refractivity contribution in [3.05, 3.63) is 58.1 Å². The van der Waals surface area contributed by atoms with Gasteiger partial charge in [0.25, 0.3) is 11.6 Å². The minimum Gasteiger partial charge on any atom is -0.359 e. The molecule has 2 aliphatic rings. The normalized spacial score (nSPS) is 28.0. The summed E-state index contributed by atoms with van der Waals surface area (Å²) in [6, 6.07) is 10.5. The molecule has 0 bridgehead atoms. The summed E-state index contributed by atoms with van der Waals surface area (Å²) >= 11 is 12.2. The Morgan fingerprint density at radius 1 is 1.16 bits per heavy atom. The predicted octanol–water partition coefficient (Wildman–Crippen LogP) is 5.13. The number of rotatable bonds is 3. The van der Waals surface area contributed by atoms with E-state index in [0.29, 0.717) is 16.6 Å². The van der Waals surface area contributed by atoms with Gasteiger partial charge >= 0.3 is 6.03 Å². The highest BCUT2D eigenvalue weighted by molar-refractivity contribution is 6.42. The molecule has 31 heavy (non-hydrogen) atoms. The van der Waals surface area contributed by atoms with E-state index in [0.717, 1.165) is 24.2 Å². The first-order valence-electron chi connectivity index (χ1n) is 10.4. The van der Waals surface area contributed by atoms with Gasteiger partial charge < -0.3 is 15.7 Å². The number of carbonyl (C=O) groups is 2. The van der Waals surface area contributed by atoms with Crippen LogP contribution >= 0.6 is 23.2 Å². The monoisotopic (exact) mass is 461 g/mol. The minimum atomic E-state index is -2.25. The first kappa shape index (κ1) is 21.9. The first-order chi connectivity index (χ1) is 14.7. The molecule has 3 N–H and O–H groups in total. The Kier molecular flexibility index (Phi) is 5.90. The maximum absolute atomic E-state index is 13.6. The van der Waals surface area contributed by atoms with E-state index in [9.17, 15) is 14.7 Å². The number of hydrogen-bond acceptors (Lipinski definition) is 3. The summed E-state index contributed by atoms with van der Waals surface area (Å²) in [5.41, 5.74) is -1.33. The highest BCUT2D eigenvalue weighted by atomic mass is 35.5. The molecule has 0 radical (unpaired) electrons. The Balaban J connectivity index is 1.79. The smallest absolute Gasteiger partial charge is 0.329 e. The molecule has 0 unspecified atom stereocenters. The summed E-state index contributed by atoms with van der Waals surface area (Å²) in [6.07, 6.45) is 2.94. The lowest BCUT2D eigenvalue weighted by atomic mass is 9.78. The summed E-state index contributed by atoms with van der Waals surface area (Å²) in [5.74, 6) is 0.0704. The van der Waals surface area contributed by atoms with Crippen LogP contribution in [0.25, 0.3) is 0 Å². The number of urea groups is 1. The Bertz CT molecular complexity index is 1030. The molecule has 0 saturated heterocycles. The van der Waals surface area contributed by atoms with Crippen LogP contribution in [-0.4, -0.2) is 23.1 Å². The van der Waals surface area contributed by atoms with E-state index in [2.05, 4.69) is 24.5 Å². The molecule has 1 saturated carbocycles. The number of anilines is 2. The van der Waals surface area contributed by atoms with Crippen molar-refractivity contribution in [1.29, 1.82) is 0 Å². The molecule has 1 heterocycles. The first-order valence-corrected chi connectivity index (χ1v) is 11.2. The van der Waals surface area contributed by atoms with Gasteiger partial charge in [-0.15, -0.1) is 0 Å². The van der Waals surface area contributed by atoms with Gasteiger partial charge in [-0.2, -0.15) is 0 Å². The second-order valence-electron chi connectivity index (χ2n) is 8.43. The van der Waals surface area contributed by atoms with Crippen molar-refractivity contribution in [3.63, 3.8) is 0 Å². The van der Waals surface area contributed by atoms with E-state index >= 15 is 0 Å². The summed E-state index contributed by atoms with van der Waals surface area (Å²) in [5, 5.41) is 18.2. The fourth-order valence-corrected chi connectivity index (χ4v) is 4.83. The van der Waals surface area contributed by atoms with Crippen molar-refractivity contribution in [2.45, 2.75) is 44.9 Å². The van der Waals surface area contributed by atoms with Crippen molar-refractivity contribution >= 4 is 46.5 Å². The fourth-order valence-electron chi connectivity index (χ4n) is 4.54. The van der Waals surface area contributed by atoms with Crippen LogP contribution < -0.4 is 15.5 Å². The Labute approximate surface area is 191 Å². The lowest BCUT2D eigenvalue weighted by Gasteiger charge is -2.44. The average Bonchev–Trinajstić information content (AvgIpc) is 2.74. The molecule has 2 aromatic carbocycles. The van der Waals surface area contributed by atoms with E-state index in [1.807, 2.05) is 0 Å². The van der Waals surface area contributed by atoms with Gasteiger partial charge in [-0.1, -0.05) is 68.1 Å². The van der Waals surface area contributed by atoms with E-state index in [4.69, 9.17) is 23.2 Å². The van der Waals surface area contributed by atoms with Gasteiger partial charge in [0.05, 0.1) is 21.4 Å². The van der Waals surface area contributed by atoms with Crippen molar-refractivity contribution in [3.8, 4) is 0 Å². The molecule has 8 heteroatoms. The van der Waals surface area contributed by atoms with Gasteiger partial charge in [0, 0.05) is 11.6 Å². The maximum Gasteiger partial charge on any atom is 0.329 e. The molecule has 2 aromatic rings. The lowest BCUT2D eigenvalue weighted by molar-refractivity contribution is -0.141. The molecule has 164 valence electrons. The zero-order valence-corrected chi connectivity index (χ0v) is 18.9. The van der Waals surface area contributed by atoms with E-state index in [-0.39, 0.29) is 28.2 Å². The van der Waals surface area contributed by atoms with Gasteiger partial charge in [-0.25, -0.2) is 4.79 Å².